The average Bonchev–Trinajstić information content (AvgIpc) is 1.86. The summed E-state index contributed by atoms with van der Waals surface area (Å²) in [6, 6.07) is 0. The minimum atomic E-state index is -0.0939. The van der Waals surface area contributed by atoms with E-state index in [0.717, 1.165) is 0 Å². The van der Waals surface area contributed by atoms with Gasteiger partial charge in [-0.25, -0.2) is 0 Å². The predicted molar refractivity (Wildman–Crippen MR) is 26.7 cm³/mol. The molecule has 1 N–H and O–H groups in total. The van der Waals surface area contributed by atoms with Crippen LogP contribution in [-0.2, 0) is 0 Å². The first-order valence-electron chi connectivity index (χ1n) is 2.34. The standard InChI is InChI=1S/C4H8N.Sn/c1-2-3-4-5;/h4-5H,1-3H2;. The van der Waals surface area contributed by atoms with Crippen LogP contribution in [-0.4, -0.2) is 25.2 Å². The van der Waals surface area contributed by atoms with Crippen LogP contribution in [0.1, 0.15) is 12.8 Å². The van der Waals surface area contributed by atoms with Gasteiger partial charge in [0.2, 0.25) is 0 Å². The van der Waals surface area contributed by atoms with E-state index in [1.54, 1.807) is 0 Å². The Morgan fingerprint density at radius 1 is 1.67 bits per heavy atom. The minimum absolute atomic E-state index is 0.0939. The SMILES string of the molecule is [NH][CH]1CC[CH2][Sn]1. The van der Waals surface area contributed by atoms with Crippen molar-refractivity contribution >= 4 is 21.1 Å². The summed E-state index contributed by atoms with van der Waals surface area (Å²) in [4.78, 5) is 0. The molecule has 0 aromatic carbocycles. The van der Waals surface area contributed by atoms with Crippen molar-refractivity contribution in [2.75, 3.05) is 0 Å². The van der Waals surface area contributed by atoms with Gasteiger partial charge in [-0.05, 0) is 0 Å². The van der Waals surface area contributed by atoms with Crippen LogP contribution in [0.15, 0.2) is 0 Å². The monoisotopic (exact) mass is 190 g/mol. The fourth-order valence-corrected chi connectivity index (χ4v) is 4.01. The fourth-order valence-electron chi connectivity index (χ4n) is 0.685. The molecule has 1 saturated heterocycles. The summed E-state index contributed by atoms with van der Waals surface area (Å²) in [5.41, 5.74) is 7.21. The summed E-state index contributed by atoms with van der Waals surface area (Å²) in [5.74, 6) is 0. The van der Waals surface area contributed by atoms with Crippen molar-refractivity contribution in [1.29, 1.82) is 0 Å². The van der Waals surface area contributed by atoms with Crippen LogP contribution in [0, 0.1) is 0 Å². The molecule has 1 atom stereocenters. The number of rotatable bonds is 0. The Bertz CT molecular complexity index is 40.8. The molecule has 1 aliphatic heterocycles. The van der Waals surface area contributed by atoms with Gasteiger partial charge in [-0.3, -0.25) is 0 Å². The van der Waals surface area contributed by atoms with Crippen molar-refractivity contribution in [3.63, 3.8) is 0 Å². The zero-order valence-corrected chi connectivity index (χ0v) is 6.55. The molecule has 1 aliphatic rings. The molecule has 3 radical (unpaired) electrons. The number of hydrogen-bond donors (Lipinski definition) is 0. The Balaban J connectivity index is 2.18. The molecule has 1 rings (SSSR count). The summed E-state index contributed by atoms with van der Waals surface area (Å²) in [5, 5.41) is 0. The molecule has 6 heavy (non-hydrogen) atoms. The van der Waals surface area contributed by atoms with Gasteiger partial charge in [-0.15, -0.1) is 0 Å². The molecule has 1 fully saturated rings. The summed E-state index contributed by atoms with van der Waals surface area (Å²) in [6.45, 7) is 0. The van der Waals surface area contributed by atoms with Crippen molar-refractivity contribution in [2.24, 2.45) is 0 Å². The molecule has 0 aromatic heterocycles. The molecule has 0 amide bonds. The number of hydrogen-bond acceptors (Lipinski definition) is 0. The summed E-state index contributed by atoms with van der Waals surface area (Å²) < 4.78 is 1.94. The second kappa shape index (κ2) is 2.17. The summed E-state index contributed by atoms with van der Waals surface area (Å²) >= 11 is -0.0939. The van der Waals surface area contributed by atoms with E-state index in [0.29, 0.717) is 4.06 Å². The zero-order chi connectivity index (χ0) is 4.41. The van der Waals surface area contributed by atoms with E-state index in [4.69, 9.17) is 5.73 Å². The first-order chi connectivity index (χ1) is 2.89. The van der Waals surface area contributed by atoms with Crippen LogP contribution in [0.25, 0.3) is 0 Å². The van der Waals surface area contributed by atoms with Crippen LogP contribution in [0.5, 0.6) is 0 Å². The van der Waals surface area contributed by atoms with E-state index in [9.17, 15) is 0 Å². The Morgan fingerprint density at radius 3 is 2.67 bits per heavy atom. The molecule has 1 heterocycles. The third-order valence-electron chi connectivity index (χ3n) is 1.06. The van der Waals surface area contributed by atoms with Gasteiger partial charge >= 0.3 is 48.2 Å². The van der Waals surface area contributed by atoms with Crippen LogP contribution >= 0.6 is 0 Å². The Morgan fingerprint density at radius 2 is 2.50 bits per heavy atom. The van der Waals surface area contributed by atoms with E-state index < -0.39 is 0 Å². The quantitative estimate of drug-likeness (QED) is 0.495. The van der Waals surface area contributed by atoms with Crippen molar-refractivity contribution in [3.8, 4) is 0 Å². The molecule has 0 bridgehead atoms. The van der Waals surface area contributed by atoms with Crippen molar-refractivity contribution in [2.45, 2.75) is 21.3 Å². The third-order valence-corrected chi connectivity index (χ3v) is 5.12. The Labute approximate surface area is 48.5 Å². The molecular formula is C4H8NSn. The summed E-state index contributed by atoms with van der Waals surface area (Å²) in [6.07, 6.45) is 2.60. The van der Waals surface area contributed by atoms with Crippen molar-refractivity contribution in [1.82, 2.24) is 5.73 Å². The van der Waals surface area contributed by atoms with Gasteiger partial charge in [-0.1, -0.05) is 0 Å². The topological polar surface area (TPSA) is 23.8 Å². The molecule has 33 valence electrons. The van der Waals surface area contributed by atoms with E-state index in [2.05, 4.69) is 0 Å². The van der Waals surface area contributed by atoms with Crippen LogP contribution in [0.2, 0.25) is 4.44 Å². The molecule has 0 aromatic rings. The second-order valence-electron chi connectivity index (χ2n) is 1.65. The van der Waals surface area contributed by atoms with Gasteiger partial charge in [0.1, 0.15) is 0 Å². The van der Waals surface area contributed by atoms with Gasteiger partial charge in [0.05, 0.1) is 0 Å². The predicted octanol–water partition coefficient (Wildman–Crippen LogP) is 0.512. The van der Waals surface area contributed by atoms with Crippen LogP contribution in [0.4, 0.5) is 0 Å². The fraction of sp³-hybridized carbons (Fsp3) is 1.00. The Kier molecular flexibility index (Phi) is 1.77. The van der Waals surface area contributed by atoms with Crippen LogP contribution < -0.4 is 5.73 Å². The average molecular weight is 189 g/mol. The maximum absolute atomic E-state index is 7.21. The molecule has 0 aliphatic carbocycles. The molecule has 2 heteroatoms. The third kappa shape index (κ3) is 1.12. The maximum atomic E-state index is 7.21. The first-order valence-corrected chi connectivity index (χ1v) is 6.01. The molecule has 1 unspecified atom stereocenters. The van der Waals surface area contributed by atoms with E-state index in [-0.39, 0.29) is 21.1 Å². The van der Waals surface area contributed by atoms with Crippen LogP contribution in [0.3, 0.4) is 0 Å². The Hall–Kier alpha value is 0.759. The molecular weight excluding hydrogens is 181 g/mol. The normalized spacial score (nSPS) is 34.5. The van der Waals surface area contributed by atoms with E-state index >= 15 is 0 Å². The second-order valence-corrected chi connectivity index (χ2v) is 6.23. The zero-order valence-electron chi connectivity index (χ0n) is 3.70. The van der Waals surface area contributed by atoms with Gasteiger partial charge < -0.3 is 0 Å². The molecule has 0 saturated carbocycles. The van der Waals surface area contributed by atoms with Crippen molar-refractivity contribution in [3.05, 3.63) is 0 Å². The molecule has 0 spiro atoms. The van der Waals surface area contributed by atoms with E-state index in [1.165, 1.54) is 17.3 Å². The van der Waals surface area contributed by atoms with Gasteiger partial charge in [-0.2, -0.15) is 0 Å². The summed E-state index contributed by atoms with van der Waals surface area (Å²) in [7, 11) is 0. The van der Waals surface area contributed by atoms with Gasteiger partial charge in [0, 0.05) is 0 Å². The molecule has 1 nitrogen and oxygen atoms in total. The van der Waals surface area contributed by atoms with Gasteiger partial charge in [0.25, 0.3) is 0 Å². The first kappa shape index (κ1) is 4.91. The number of nitrogens with one attached hydrogen (secondary N) is 1. The van der Waals surface area contributed by atoms with Gasteiger partial charge in [0.15, 0.2) is 0 Å². The van der Waals surface area contributed by atoms with E-state index in [1.807, 2.05) is 0 Å². The van der Waals surface area contributed by atoms with Crippen molar-refractivity contribution < 1.29 is 0 Å².